The number of rotatable bonds is 8. The summed E-state index contributed by atoms with van der Waals surface area (Å²) in [6, 6.07) is 10.6. The predicted molar refractivity (Wildman–Crippen MR) is 112 cm³/mol. The minimum Gasteiger partial charge on any atom is -0.493 e. The second kappa shape index (κ2) is 10.4. The molecule has 0 fully saturated rings. The number of likely N-dealkylation sites (N-methyl/N-ethyl adjacent to an activating group) is 2. The summed E-state index contributed by atoms with van der Waals surface area (Å²) in [5.41, 5.74) is 1.51. The van der Waals surface area contributed by atoms with E-state index in [2.05, 4.69) is 0 Å². The molecule has 2 aromatic carbocycles. The van der Waals surface area contributed by atoms with Gasteiger partial charge in [-0.15, -0.1) is 0 Å². The number of hydrazine groups is 1. The molecular formula is C22H28N2O6. The SMILES string of the molecule is COc1ccc(CC(=O)N(C)N(C)C(=O)Cc2ccc(OC)c(OC)c2)cc1OC. The molecule has 0 aliphatic rings. The molecule has 0 saturated heterocycles. The van der Waals surface area contributed by atoms with Crippen LogP contribution >= 0.6 is 0 Å². The van der Waals surface area contributed by atoms with E-state index in [-0.39, 0.29) is 24.7 Å². The molecule has 2 amide bonds. The molecule has 2 aromatic rings. The molecule has 0 aliphatic heterocycles. The predicted octanol–water partition coefficient (Wildman–Crippen LogP) is 2.34. The largest absolute Gasteiger partial charge is 0.493 e. The topological polar surface area (TPSA) is 77.5 Å². The van der Waals surface area contributed by atoms with E-state index >= 15 is 0 Å². The van der Waals surface area contributed by atoms with Gasteiger partial charge in [-0.05, 0) is 35.4 Å². The molecule has 2 rings (SSSR count). The summed E-state index contributed by atoms with van der Waals surface area (Å²) in [5.74, 6) is 1.80. The first-order chi connectivity index (χ1) is 14.3. The number of methoxy groups -OCH3 is 4. The Bertz CT molecular complexity index is 826. The molecule has 0 radical (unpaired) electrons. The number of hydrogen-bond donors (Lipinski definition) is 0. The fourth-order valence-electron chi connectivity index (χ4n) is 2.89. The average Bonchev–Trinajstić information content (AvgIpc) is 2.77. The highest BCUT2D eigenvalue weighted by Crippen LogP contribution is 2.29. The highest BCUT2D eigenvalue weighted by Gasteiger charge is 2.20. The van der Waals surface area contributed by atoms with Gasteiger partial charge in [-0.1, -0.05) is 12.1 Å². The Balaban J connectivity index is 2.04. The van der Waals surface area contributed by atoms with Crippen molar-refractivity contribution in [2.45, 2.75) is 12.8 Å². The van der Waals surface area contributed by atoms with Gasteiger partial charge >= 0.3 is 0 Å². The van der Waals surface area contributed by atoms with Crippen LogP contribution < -0.4 is 18.9 Å². The third kappa shape index (κ3) is 5.34. The quantitative estimate of drug-likeness (QED) is 0.615. The maximum Gasteiger partial charge on any atom is 0.245 e. The average molecular weight is 416 g/mol. The maximum absolute atomic E-state index is 12.7. The smallest absolute Gasteiger partial charge is 0.245 e. The number of hydrogen-bond acceptors (Lipinski definition) is 6. The van der Waals surface area contributed by atoms with Crippen LogP contribution in [-0.2, 0) is 22.4 Å². The van der Waals surface area contributed by atoms with Crippen LogP contribution in [0, 0.1) is 0 Å². The molecule has 162 valence electrons. The highest BCUT2D eigenvalue weighted by atomic mass is 16.5. The van der Waals surface area contributed by atoms with Crippen molar-refractivity contribution in [3.63, 3.8) is 0 Å². The number of amides is 2. The van der Waals surface area contributed by atoms with E-state index in [9.17, 15) is 9.59 Å². The van der Waals surface area contributed by atoms with E-state index < -0.39 is 0 Å². The zero-order valence-electron chi connectivity index (χ0n) is 18.2. The van der Waals surface area contributed by atoms with Crippen LogP contribution in [0.25, 0.3) is 0 Å². The van der Waals surface area contributed by atoms with Gasteiger partial charge in [0.05, 0.1) is 41.3 Å². The number of carbonyl (C=O) groups is 2. The molecule has 0 aromatic heterocycles. The zero-order valence-corrected chi connectivity index (χ0v) is 18.2. The molecular weight excluding hydrogens is 388 g/mol. The third-order valence-electron chi connectivity index (χ3n) is 4.78. The van der Waals surface area contributed by atoms with Crippen LogP contribution in [0.2, 0.25) is 0 Å². The highest BCUT2D eigenvalue weighted by molar-refractivity contribution is 5.84. The van der Waals surface area contributed by atoms with Gasteiger partial charge < -0.3 is 18.9 Å². The van der Waals surface area contributed by atoms with Crippen LogP contribution in [0.3, 0.4) is 0 Å². The number of benzene rings is 2. The Labute approximate surface area is 176 Å². The molecule has 0 N–H and O–H groups in total. The summed E-state index contributed by atoms with van der Waals surface area (Å²) in [5, 5.41) is 2.61. The first kappa shape index (κ1) is 22.9. The van der Waals surface area contributed by atoms with Crippen LogP contribution in [-0.4, -0.2) is 64.4 Å². The van der Waals surface area contributed by atoms with Crippen molar-refractivity contribution >= 4 is 11.8 Å². The Morgan fingerprint density at radius 1 is 0.633 bits per heavy atom. The van der Waals surface area contributed by atoms with Gasteiger partial charge in [0.1, 0.15) is 0 Å². The monoisotopic (exact) mass is 416 g/mol. The summed E-state index contributed by atoms with van der Waals surface area (Å²) < 4.78 is 21.0. The Morgan fingerprint density at radius 2 is 0.967 bits per heavy atom. The van der Waals surface area contributed by atoms with E-state index in [1.165, 1.54) is 24.2 Å². The third-order valence-corrected chi connectivity index (χ3v) is 4.78. The molecule has 8 heteroatoms. The lowest BCUT2D eigenvalue weighted by Gasteiger charge is -2.28. The van der Waals surface area contributed by atoms with Crippen LogP contribution in [0.5, 0.6) is 23.0 Å². The van der Waals surface area contributed by atoms with Crippen molar-refractivity contribution in [1.29, 1.82) is 0 Å². The van der Waals surface area contributed by atoms with Gasteiger partial charge in [0, 0.05) is 14.1 Å². The Kier molecular flexibility index (Phi) is 7.91. The minimum atomic E-state index is -0.231. The van der Waals surface area contributed by atoms with E-state index in [1.807, 2.05) is 0 Å². The van der Waals surface area contributed by atoms with Gasteiger partial charge in [-0.3, -0.25) is 19.6 Å². The van der Waals surface area contributed by atoms with Gasteiger partial charge in [0.25, 0.3) is 0 Å². The summed E-state index contributed by atoms with van der Waals surface area (Å²) in [4.78, 5) is 25.3. The van der Waals surface area contributed by atoms with Crippen molar-refractivity contribution in [3.05, 3.63) is 47.5 Å². The maximum atomic E-state index is 12.7. The Morgan fingerprint density at radius 3 is 1.27 bits per heavy atom. The fraction of sp³-hybridized carbons (Fsp3) is 0.364. The van der Waals surface area contributed by atoms with Crippen LogP contribution in [0.4, 0.5) is 0 Å². The summed E-state index contributed by atoms with van der Waals surface area (Å²) >= 11 is 0. The second-order valence-corrected chi connectivity index (χ2v) is 6.57. The van der Waals surface area contributed by atoms with E-state index in [4.69, 9.17) is 18.9 Å². The zero-order chi connectivity index (χ0) is 22.3. The van der Waals surface area contributed by atoms with Crippen molar-refractivity contribution in [2.75, 3.05) is 42.5 Å². The number of ether oxygens (including phenoxy) is 4. The van der Waals surface area contributed by atoms with Crippen molar-refractivity contribution < 1.29 is 28.5 Å². The van der Waals surface area contributed by atoms with Gasteiger partial charge in [-0.2, -0.15) is 0 Å². The summed E-state index contributed by atoms with van der Waals surface area (Å²) in [7, 11) is 9.31. The van der Waals surface area contributed by atoms with E-state index in [0.717, 1.165) is 11.1 Å². The molecule has 0 unspecified atom stereocenters. The summed E-state index contributed by atoms with van der Waals surface area (Å²) in [6.07, 6.45) is 0.232. The molecule has 0 saturated carbocycles. The molecule has 0 bridgehead atoms. The fourth-order valence-corrected chi connectivity index (χ4v) is 2.89. The van der Waals surface area contributed by atoms with Crippen molar-refractivity contribution in [3.8, 4) is 23.0 Å². The van der Waals surface area contributed by atoms with Crippen molar-refractivity contribution in [2.24, 2.45) is 0 Å². The minimum absolute atomic E-state index is 0.116. The van der Waals surface area contributed by atoms with Gasteiger partial charge in [0.2, 0.25) is 11.8 Å². The lowest BCUT2D eigenvalue weighted by Crippen LogP contribution is -2.46. The Hall–Kier alpha value is -3.42. The number of nitrogens with zero attached hydrogens (tertiary/aromatic N) is 2. The first-order valence-electron chi connectivity index (χ1n) is 9.29. The lowest BCUT2D eigenvalue weighted by molar-refractivity contribution is -0.157. The first-order valence-corrected chi connectivity index (χ1v) is 9.29. The molecule has 0 spiro atoms. The van der Waals surface area contributed by atoms with Gasteiger partial charge in [0.15, 0.2) is 23.0 Å². The normalized spacial score (nSPS) is 10.2. The molecule has 0 atom stereocenters. The van der Waals surface area contributed by atoms with E-state index in [1.54, 1.807) is 64.7 Å². The summed E-state index contributed by atoms with van der Waals surface area (Å²) in [6.45, 7) is 0. The molecule has 0 aliphatic carbocycles. The molecule has 8 nitrogen and oxygen atoms in total. The standard InChI is InChI=1S/C22H28N2O6/c1-23(21(25)13-15-7-9-17(27-3)19(11-15)29-5)24(2)22(26)14-16-8-10-18(28-4)20(12-16)30-6/h7-12H,13-14H2,1-6H3. The molecule has 30 heavy (non-hydrogen) atoms. The van der Waals surface area contributed by atoms with Crippen LogP contribution in [0.15, 0.2) is 36.4 Å². The lowest BCUT2D eigenvalue weighted by atomic mass is 10.1. The van der Waals surface area contributed by atoms with Crippen molar-refractivity contribution in [1.82, 2.24) is 10.0 Å². The second-order valence-electron chi connectivity index (χ2n) is 6.57. The van der Waals surface area contributed by atoms with E-state index in [0.29, 0.717) is 23.0 Å². The number of carbonyl (C=O) groups excluding carboxylic acids is 2. The van der Waals surface area contributed by atoms with Gasteiger partial charge in [-0.25, -0.2) is 0 Å². The van der Waals surface area contributed by atoms with Crippen LogP contribution in [0.1, 0.15) is 11.1 Å². The molecule has 0 heterocycles.